The SMILES string of the molecule is CO[C@H]1C[C@H](O[C@H]2[C@@H](OC)C[C@H](O[C@@H]3[C@@H](C)O[C@@H](O[C@@H]4[C@@H](C)O[C@@H](O[C@H]5[C@@H](OC)C[C@H](O[C@H]6[C@H](O)[C@@H](O)[C@H](O[C@H]7[C@H](O)[C@@H](O)[C@H](O[C@H]8CC[C@@]9(C)C(=CC[C@]%10(O)[C@@H]9C[C@@H](OC(=O)/C=C/c9ccccc9)[C@]9(C)[C@H](C(C)=O)CC[C@@]9%10O)C8)O[C@@H]7CO)O[C@@H]6CO)O[C@@H]5C)C[C@H]4OC)C[C@H]3OC)O[C@@H]2C)O[C@H](C)[C@H]1O. The van der Waals surface area contributed by atoms with E-state index in [0.717, 1.165) is 11.1 Å². The van der Waals surface area contributed by atoms with Crippen molar-refractivity contribution in [2.24, 2.45) is 22.7 Å². The largest absolute Gasteiger partial charge is 0.458 e. The summed E-state index contributed by atoms with van der Waals surface area (Å²) >= 11 is 0. The number of aliphatic hydroxyl groups excluding tert-OH is 7. The summed E-state index contributed by atoms with van der Waals surface area (Å²) in [7, 11) is 7.84. The van der Waals surface area contributed by atoms with Gasteiger partial charge in [-0.2, -0.15) is 0 Å². The molecule has 612 valence electrons. The van der Waals surface area contributed by atoms with Gasteiger partial charge in [0.15, 0.2) is 44.0 Å². The lowest BCUT2D eigenvalue weighted by atomic mass is 9.43. The molecule has 0 spiro atoms. The Kier molecular flexibility index (Phi) is 27.3. The maximum atomic E-state index is 13.7. The highest BCUT2D eigenvalue weighted by Crippen LogP contribution is 2.70. The summed E-state index contributed by atoms with van der Waals surface area (Å²) in [6.45, 7) is 12.9. The Morgan fingerprint density at radius 2 is 0.935 bits per heavy atom. The molecule has 1 aromatic rings. The summed E-state index contributed by atoms with van der Waals surface area (Å²) in [6, 6.07) is 9.24. The van der Waals surface area contributed by atoms with Crippen LogP contribution in [0.4, 0.5) is 0 Å². The number of aliphatic hydroxyl groups is 9. The first-order valence-corrected chi connectivity index (χ1v) is 38.5. The van der Waals surface area contributed by atoms with E-state index in [1.807, 2.05) is 64.1 Å². The lowest BCUT2D eigenvalue weighted by Crippen LogP contribution is -2.75. The first kappa shape index (κ1) is 84.1. The molecule has 0 amide bonds. The van der Waals surface area contributed by atoms with Crippen LogP contribution in [-0.2, 0) is 104 Å². The number of carbonyl (C=O) groups is 2. The number of methoxy groups -OCH3 is 5. The van der Waals surface area contributed by atoms with Gasteiger partial charge in [0.1, 0.15) is 102 Å². The Morgan fingerprint density at radius 1 is 0.509 bits per heavy atom. The van der Waals surface area contributed by atoms with Crippen molar-refractivity contribution in [1.82, 2.24) is 0 Å². The molecule has 108 heavy (non-hydrogen) atoms. The number of carbonyl (C=O) groups excluding carboxylic acids is 2. The Morgan fingerprint density at radius 3 is 1.38 bits per heavy atom. The van der Waals surface area contributed by atoms with Crippen molar-refractivity contribution in [3.05, 3.63) is 53.6 Å². The molecule has 9 N–H and O–H groups in total. The fraction of sp³-hybridized carbons (Fsp3) is 0.844. The van der Waals surface area contributed by atoms with E-state index < -0.39 is 250 Å². The Labute approximate surface area is 631 Å². The maximum absolute atomic E-state index is 13.7. The quantitative estimate of drug-likeness (QED) is 0.0385. The number of esters is 1. The summed E-state index contributed by atoms with van der Waals surface area (Å²) in [5.41, 5.74) is -3.91. The van der Waals surface area contributed by atoms with Gasteiger partial charge < -0.3 is 141 Å². The van der Waals surface area contributed by atoms with Gasteiger partial charge in [-0.1, -0.05) is 55.8 Å². The molecule has 38 atom stereocenters. The molecule has 11 aliphatic rings. The van der Waals surface area contributed by atoms with Gasteiger partial charge in [-0.15, -0.1) is 0 Å². The van der Waals surface area contributed by atoms with Gasteiger partial charge in [-0.05, 0) is 104 Å². The normalized spacial score (nSPS) is 49.3. The molecule has 1 aromatic carbocycles. The molecule has 12 rings (SSSR count). The van der Waals surface area contributed by atoms with Crippen LogP contribution in [0.1, 0.15) is 138 Å². The molecule has 4 aliphatic carbocycles. The highest BCUT2D eigenvalue weighted by Gasteiger charge is 2.77. The maximum Gasteiger partial charge on any atom is 0.331 e. The molecule has 7 saturated heterocycles. The lowest BCUT2D eigenvalue weighted by molar-refractivity contribution is -0.377. The zero-order chi connectivity index (χ0) is 77.6. The molecule has 31 heteroatoms. The van der Waals surface area contributed by atoms with Crippen LogP contribution in [0, 0.1) is 22.7 Å². The first-order chi connectivity index (χ1) is 51.5. The van der Waals surface area contributed by atoms with Crippen molar-refractivity contribution in [3.63, 3.8) is 0 Å². The Bertz CT molecular complexity index is 3170. The standard InChI is InChI=1S/C77H118O31/c1-36(80)45-23-26-77(88)75(45,8)54(102-55(81)20-19-42-17-15-14-16-18-42)33-53-74(7)24-22-44(27-43(74)21-25-76(53,77)87)99-72-64(85)63(84)71(52(35-79)100-72)108-73-65(86)62(83)70(51(34-78)101-73)107-60-32-50(93-13)69(41(6)98-60)106-59-31-49(92-12)68(40(5)97-59)105-58-30-48(91-11)67(39(4)96-58)104-57-29-47(90-10)66(38(3)95-57)103-56-28-46(89-9)61(82)37(2)94-56/h14-21,37-41,44-54,56-73,78-79,82-88H,22-35H2,1-13H3/b20-19+/t37-,38-,39-,40-,41-,44+,45+,46+,47+,48-,49-,50+,51-,52-,53-,54-,56+,57+,58+,59+,60+,61-,62-,63-,64-,65-,66-,67-,68-,69-,70-,71-,72-,73+,74+,75+,76+,77-/m1/s1. The molecule has 0 aromatic heterocycles. The first-order valence-electron chi connectivity index (χ1n) is 38.5. The van der Waals surface area contributed by atoms with E-state index in [-0.39, 0.29) is 44.3 Å². The van der Waals surface area contributed by atoms with Gasteiger partial charge in [-0.3, -0.25) is 4.79 Å². The summed E-state index contributed by atoms with van der Waals surface area (Å²) in [5, 5.41) is 105. The van der Waals surface area contributed by atoms with Crippen LogP contribution in [-0.4, -0.2) is 314 Å². The Balaban J connectivity index is 0.610. The van der Waals surface area contributed by atoms with Crippen molar-refractivity contribution >= 4 is 17.8 Å². The molecular formula is C77H118O31. The van der Waals surface area contributed by atoms with Crippen LogP contribution in [0.5, 0.6) is 0 Å². The van der Waals surface area contributed by atoms with Gasteiger partial charge in [0.05, 0.1) is 80.4 Å². The third-order valence-corrected chi connectivity index (χ3v) is 25.8. The molecule has 31 nitrogen and oxygen atoms in total. The highest BCUT2D eigenvalue weighted by atomic mass is 16.8. The van der Waals surface area contributed by atoms with E-state index in [1.165, 1.54) is 20.1 Å². The number of fused-ring (bicyclic) bond motifs is 5. The highest BCUT2D eigenvalue weighted by molar-refractivity contribution is 5.87. The number of hydrogen-bond acceptors (Lipinski definition) is 31. The van der Waals surface area contributed by atoms with Gasteiger partial charge in [0.25, 0.3) is 0 Å². The number of ketones is 1. The predicted molar refractivity (Wildman–Crippen MR) is 374 cm³/mol. The second-order valence-electron chi connectivity index (χ2n) is 32.0. The van der Waals surface area contributed by atoms with Crippen LogP contribution in [0.25, 0.3) is 6.08 Å². The summed E-state index contributed by atoms with van der Waals surface area (Å²) in [4.78, 5) is 27.0. The van der Waals surface area contributed by atoms with Gasteiger partial charge in [0.2, 0.25) is 0 Å². The number of hydrogen-bond donors (Lipinski definition) is 9. The fourth-order valence-corrected chi connectivity index (χ4v) is 19.7. The topological polar surface area (TPSA) is 401 Å². The number of rotatable bonds is 25. The molecule has 7 aliphatic heterocycles. The molecule has 10 fully saturated rings. The Hall–Kier alpha value is -3.28. The van der Waals surface area contributed by atoms with E-state index in [9.17, 15) is 55.5 Å². The van der Waals surface area contributed by atoms with Crippen molar-refractivity contribution in [3.8, 4) is 0 Å². The minimum atomic E-state index is -1.89. The second-order valence-corrected chi connectivity index (χ2v) is 32.0. The van der Waals surface area contributed by atoms with E-state index in [2.05, 4.69) is 0 Å². The molecular weight excluding hydrogens is 1420 g/mol. The van der Waals surface area contributed by atoms with Crippen LogP contribution < -0.4 is 0 Å². The van der Waals surface area contributed by atoms with Crippen LogP contribution >= 0.6 is 0 Å². The van der Waals surface area contributed by atoms with Crippen LogP contribution in [0.15, 0.2) is 48.1 Å². The smallest absolute Gasteiger partial charge is 0.331 e. The predicted octanol–water partition coefficient (Wildman–Crippen LogP) is 2.30. The molecule has 0 unspecified atom stereocenters. The lowest BCUT2D eigenvalue weighted by Gasteiger charge is -2.66. The minimum absolute atomic E-state index is 0.0403. The third kappa shape index (κ3) is 16.5. The van der Waals surface area contributed by atoms with Crippen molar-refractivity contribution in [2.45, 2.75) is 340 Å². The molecule has 7 heterocycles. The van der Waals surface area contributed by atoms with Gasteiger partial charge >= 0.3 is 5.97 Å². The van der Waals surface area contributed by atoms with Crippen molar-refractivity contribution in [2.75, 3.05) is 48.8 Å². The van der Waals surface area contributed by atoms with Crippen LogP contribution in [0.2, 0.25) is 0 Å². The van der Waals surface area contributed by atoms with Crippen LogP contribution in [0.3, 0.4) is 0 Å². The zero-order valence-electron chi connectivity index (χ0n) is 64.2. The zero-order valence-corrected chi connectivity index (χ0v) is 64.2. The summed E-state index contributed by atoms with van der Waals surface area (Å²) in [6.07, 6.45) is -22.5. The van der Waals surface area contributed by atoms with Gasteiger partial charge in [0, 0.05) is 91.0 Å². The molecule has 0 radical (unpaired) electrons. The van der Waals surface area contributed by atoms with Crippen molar-refractivity contribution < 1.29 is 150 Å². The summed E-state index contributed by atoms with van der Waals surface area (Å²) < 4.78 is 125. The van der Waals surface area contributed by atoms with Gasteiger partial charge in [-0.25, -0.2) is 4.79 Å². The van der Waals surface area contributed by atoms with E-state index in [0.29, 0.717) is 38.5 Å². The van der Waals surface area contributed by atoms with E-state index >= 15 is 0 Å². The number of Topliss-reactive ketones (excluding diaryl/α,β-unsaturated/α-hetero) is 1. The van der Waals surface area contributed by atoms with E-state index in [1.54, 1.807) is 55.3 Å². The average molecular weight is 1540 g/mol. The third-order valence-electron chi connectivity index (χ3n) is 25.8. The monoisotopic (exact) mass is 1540 g/mol. The number of benzene rings is 1. The summed E-state index contributed by atoms with van der Waals surface area (Å²) in [5.74, 6) is -2.12. The molecule has 0 bridgehead atoms. The van der Waals surface area contributed by atoms with Crippen molar-refractivity contribution in [1.29, 1.82) is 0 Å². The minimum Gasteiger partial charge on any atom is -0.458 e. The average Bonchev–Trinajstić information content (AvgIpc) is 1.36. The van der Waals surface area contributed by atoms with E-state index in [4.69, 9.17) is 94.7 Å². The number of ether oxygens (including phenoxy) is 20. The molecule has 3 saturated carbocycles. The fourth-order valence-electron chi connectivity index (χ4n) is 19.7. The second kappa shape index (κ2) is 35.0.